The van der Waals surface area contributed by atoms with E-state index >= 15 is 0 Å². The van der Waals surface area contributed by atoms with Crippen molar-refractivity contribution in [3.8, 4) is 11.1 Å². The third kappa shape index (κ3) is 7.75. The van der Waals surface area contributed by atoms with Crippen LogP contribution in [0.15, 0.2) is 48.5 Å². The smallest absolute Gasteiger partial charge is 0.407 e. The van der Waals surface area contributed by atoms with Gasteiger partial charge in [-0.1, -0.05) is 61.4 Å². The number of fused-ring (bicyclic) bond motifs is 3. The van der Waals surface area contributed by atoms with Crippen LogP contribution in [0.25, 0.3) is 11.1 Å². The van der Waals surface area contributed by atoms with Crippen molar-refractivity contribution < 1.29 is 24.2 Å². The summed E-state index contributed by atoms with van der Waals surface area (Å²) in [5.74, 6) is -0.490. The van der Waals surface area contributed by atoms with Crippen molar-refractivity contribution in [2.75, 3.05) is 25.2 Å². The molecule has 0 heterocycles. The number of benzene rings is 2. The molecule has 0 bridgehead atoms. The van der Waals surface area contributed by atoms with Crippen molar-refractivity contribution in [3.63, 3.8) is 0 Å². The van der Waals surface area contributed by atoms with E-state index in [1.807, 2.05) is 30.5 Å². The Bertz CT molecular complexity index is 967. The molecule has 2 aromatic rings. The van der Waals surface area contributed by atoms with Crippen LogP contribution < -0.4 is 10.6 Å². The zero-order valence-electron chi connectivity index (χ0n) is 20.1. The van der Waals surface area contributed by atoms with Gasteiger partial charge in [-0.25, -0.2) is 9.59 Å². The Morgan fingerprint density at radius 3 is 2.23 bits per heavy atom. The first kappa shape index (κ1) is 26.6. The van der Waals surface area contributed by atoms with Gasteiger partial charge in [0.15, 0.2) is 0 Å². The second kappa shape index (κ2) is 13.8. The average Bonchev–Trinajstić information content (AvgIpc) is 3.18. The molecule has 0 aromatic heterocycles. The van der Waals surface area contributed by atoms with Crippen molar-refractivity contribution in [2.45, 2.75) is 50.5 Å². The van der Waals surface area contributed by atoms with Gasteiger partial charge >= 0.3 is 12.1 Å². The maximum absolute atomic E-state index is 12.2. The minimum atomic E-state index is -0.994. The fraction of sp³-hybridized carbons (Fsp3) is 0.444. The normalized spacial score (nSPS) is 12.9. The number of ether oxygens (including phenoxy) is 1. The summed E-state index contributed by atoms with van der Waals surface area (Å²) in [6.45, 7) is 0.807. The summed E-state index contributed by atoms with van der Waals surface area (Å²) in [6, 6.07) is 15.6. The van der Waals surface area contributed by atoms with Crippen LogP contribution in [0.3, 0.4) is 0 Å². The van der Waals surface area contributed by atoms with Crippen LogP contribution in [-0.4, -0.2) is 54.3 Å². The fourth-order valence-electron chi connectivity index (χ4n) is 4.36. The SMILES string of the molecule is CSCC[C@@H](NC(=O)CCCCCCNC(=O)OCC1c2ccccc2-c2ccccc21)C(=O)O. The molecular formula is C27H34N2O5S. The number of unbranched alkanes of at least 4 members (excludes halogenated alkanes) is 3. The molecule has 0 spiro atoms. The molecule has 1 aliphatic rings. The minimum Gasteiger partial charge on any atom is -0.480 e. The van der Waals surface area contributed by atoms with E-state index in [2.05, 4.69) is 34.9 Å². The van der Waals surface area contributed by atoms with Gasteiger partial charge in [0.05, 0.1) is 0 Å². The number of nitrogens with one attached hydrogen (secondary N) is 2. The van der Waals surface area contributed by atoms with Crippen LogP contribution in [0.5, 0.6) is 0 Å². The first-order valence-electron chi connectivity index (χ1n) is 12.1. The molecule has 0 saturated heterocycles. The molecule has 8 heteroatoms. The molecule has 2 amide bonds. The van der Waals surface area contributed by atoms with E-state index in [1.165, 1.54) is 22.3 Å². The van der Waals surface area contributed by atoms with Gasteiger partial charge in [0.1, 0.15) is 12.6 Å². The first-order chi connectivity index (χ1) is 17.0. The van der Waals surface area contributed by atoms with E-state index in [-0.39, 0.29) is 11.8 Å². The molecule has 35 heavy (non-hydrogen) atoms. The molecule has 7 nitrogen and oxygen atoms in total. The van der Waals surface area contributed by atoms with Gasteiger partial charge in [-0.3, -0.25) is 4.79 Å². The standard InChI is InChI=1S/C27H34N2O5S/c1-35-17-15-24(26(31)32)29-25(30)14-4-2-3-9-16-28-27(33)34-18-23-21-12-7-5-10-19(21)20-11-6-8-13-22(20)23/h5-8,10-13,23-24H,2-4,9,14-18H2,1H3,(H,28,33)(H,29,30)(H,31,32)/t24-/m1/s1. The van der Waals surface area contributed by atoms with Crippen molar-refractivity contribution in [1.29, 1.82) is 0 Å². The van der Waals surface area contributed by atoms with E-state index in [1.54, 1.807) is 11.8 Å². The Hall–Kier alpha value is -3.00. The Morgan fingerprint density at radius 1 is 0.971 bits per heavy atom. The summed E-state index contributed by atoms with van der Waals surface area (Å²) in [6.07, 6.45) is 5.39. The summed E-state index contributed by atoms with van der Waals surface area (Å²) in [7, 11) is 0. The van der Waals surface area contributed by atoms with Crippen molar-refractivity contribution >= 4 is 29.7 Å². The molecule has 3 rings (SSSR count). The van der Waals surface area contributed by atoms with Crippen molar-refractivity contribution in [3.05, 3.63) is 59.7 Å². The molecule has 1 atom stereocenters. The van der Waals surface area contributed by atoms with Crippen LogP contribution in [0.2, 0.25) is 0 Å². The second-order valence-corrected chi connectivity index (χ2v) is 9.64. The fourth-order valence-corrected chi connectivity index (χ4v) is 4.83. The highest BCUT2D eigenvalue weighted by atomic mass is 32.2. The van der Waals surface area contributed by atoms with Crippen molar-refractivity contribution in [2.24, 2.45) is 0 Å². The lowest BCUT2D eigenvalue weighted by Gasteiger charge is -2.14. The Labute approximate surface area is 211 Å². The Morgan fingerprint density at radius 2 is 1.60 bits per heavy atom. The predicted octanol–water partition coefficient (Wildman–Crippen LogP) is 4.80. The third-order valence-electron chi connectivity index (χ3n) is 6.19. The van der Waals surface area contributed by atoms with E-state index in [4.69, 9.17) is 4.74 Å². The van der Waals surface area contributed by atoms with Crippen LogP contribution in [0.1, 0.15) is 55.6 Å². The number of rotatable bonds is 14. The maximum atomic E-state index is 12.2. The van der Waals surface area contributed by atoms with E-state index in [0.717, 1.165) is 19.3 Å². The summed E-state index contributed by atoms with van der Waals surface area (Å²) in [5.41, 5.74) is 4.77. The van der Waals surface area contributed by atoms with Gasteiger partial charge in [0, 0.05) is 18.9 Å². The van der Waals surface area contributed by atoms with Gasteiger partial charge in [0.25, 0.3) is 0 Å². The molecule has 3 N–H and O–H groups in total. The van der Waals surface area contributed by atoms with Gasteiger partial charge in [0.2, 0.25) is 5.91 Å². The minimum absolute atomic E-state index is 0.0424. The second-order valence-electron chi connectivity index (χ2n) is 8.66. The van der Waals surface area contributed by atoms with Gasteiger partial charge < -0.3 is 20.5 Å². The highest BCUT2D eigenvalue weighted by Gasteiger charge is 2.28. The topological polar surface area (TPSA) is 105 Å². The lowest BCUT2D eigenvalue weighted by molar-refractivity contribution is -0.141. The van der Waals surface area contributed by atoms with Gasteiger partial charge in [-0.05, 0) is 53.5 Å². The monoisotopic (exact) mass is 498 g/mol. The average molecular weight is 499 g/mol. The molecule has 2 aromatic carbocycles. The van der Waals surface area contributed by atoms with Gasteiger partial charge in [-0.2, -0.15) is 11.8 Å². The molecule has 0 fully saturated rings. The highest BCUT2D eigenvalue weighted by Crippen LogP contribution is 2.44. The number of alkyl carbamates (subject to hydrolysis) is 1. The summed E-state index contributed by atoms with van der Waals surface area (Å²) >= 11 is 1.56. The molecule has 1 aliphatic carbocycles. The lowest BCUT2D eigenvalue weighted by atomic mass is 9.98. The molecular weight excluding hydrogens is 464 g/mol. The predicted molar refractivity (Wildman–Crippen MR) is 139 cm³/mol. The molecule has 0 radical (unpaired) electrons. The first-order valence-corrected chi connectivity index (χ1v) is 13.5. The van der Waals surface area contributed by atoms with Crippen molar-refractivity contribution in [1.82, 2.24) is 10.6 Å². The third-order valence-corrected chi connectivity index (χ3v) is 6.83. The Kier molecular flexibility index (Phi) is 10.5. The van der Waals surface area contributed by atoms with E-state index < -0.39 is 18.1 Å². The molecule has 0 aliphatic heterocycles. The van der Waals surface area contributed by atoms with E-state index in [0.29, 0.717) is 38.2 Å². The number of hydrogen-bond donors (Lipinski definition) is 3. The summed E-state index contributed by atoms with van der Waals surface area (Å²) in [4.78, 5) is 35.4. The van der Waals surface area contributed by atoms with Gasteiger partial charge in [-0.15, -0.1) is 0 Å². The Balaban J connectivity index is 1.29. The quantitative estimate of drug-likeness (QED) is 0.323. The zero-order valence-corrected chi connectivity index (χ0v) is 20.9. The molecule has 0 unspecified atom stereocenters. The largest absolute Gasteiger partial charge is 0.480 e. The number of carboxylic acid groups (broad SMARTS) is 1. The lowest BCUT2D eigenvalue weighted by Crippen LogP contribution is -2.41. The highest BCUT2D eigenvalue weighted by molar-refractivity contribution is 7.98. The number of hydrogen-bond acceptors (Lipinski definition) is 5. The van der Waals surface area contributed by atoms with Crippen LogP contribution in [0.4, 0.5) is 4.79 Å². The number of amides is 2. The summed E-state index contributed by atoms with van der Waals surface area (Å²) < 4.78 is 5.53. The number of thioether (sulfide) groups is 1. The van der Waals surface area contributed by atoms with E-state index in [9.17, 15) is 19.5 Å². The molecule has 188 valence electrons. The number of carbonyl (C=O) groups excluding carboxylic acids is 2. The maximum Gasteiger partial charge on any atom is 0.407 e. The summed E-state index contributed by atoms with van der Waals surface area (Å²) in [5, 5.41) is 14.6. The number of carboxylic acids is 1. The number of carbonyl (C=O) groups is 3. The zero-order chi connectivity index (χ0) is 25.0. The van der Waals surface area contributed by atoms with Crippen LogP contribution in [-0.2, 0) is 14.3 Å². The van der Waals surface area contributed by atoms with Crippen LogP contribution in [0, 0.1) is 0 Å². The number of aliphatic carboxylic acids is 1. The molecule has 0 saturated carbocycles. The van der Waals surface area contributed by atoms with Crippen LogP contribution >= 0.6 is 11.8 Å².